The molecular formula is C14H23N3O3. The van der Waals surface area contributed by atoms with Crippen LogP contribution in [0.1, 0.15) is 29.6 Å². The third-order valence-corrected chi connectivity index (χ3v) is 2.88. The molecule has 1 rings (SSSR count). The van der Waals surface area contributed by atoms with Crippen molar-refractivity contribution in [3.8, 4) is 11.5 Å². The Morgan fingerprint density at radius 3 is 2.55 bits per heavy atom. The third kappa shape index (κ3) is 5.46. The van der Waals surface area contributed by atoms with Crippen molar-refractivity contribution in [2.45, 2.75) is 19.3 Å². The van der Waals surface area contributed by atoms with Gasteiger partial charge in [-0.3, -0.25) is 4.79 Å². The second-order valence-corrected chi connectivity index (χ2v) is 4.53. The van der Waals surface area contributed by atoms with Crippen LogP contribution in [0.3, 0.4) is 0 Å². The first-order valence-electron chi connectivity index (χ1n) is 6.86. The number of carbonyl (C=O) groups is 1. The summed E-state index contributed by atoms with van der Waals surface area (Å²) in [5.41, 5.74) is 5.47. The first-order valence-corrected chi connectivity index (χ1v) is 6.86. The molecule has 0 spiro atoms. The number of amides is 1. The van der Waals surface area contributed by atoms with Crippen molar-refractivity contribution in [2.75, 3.05) is 26.2 Å². The van der Waals surface area contributed by atoms with E-state index >= 15 is 0 Å². The van der Waals surface area contributed by atoms with Gasteiger partial charge in [0.15, 0.2) is 11.5 Å². The van der Waals surface area contributed by atoms with Gasteiger partial charge in [0.25, 0.3) is 5.91 Å². The smallest absolute Gasteiger partial charge is 0.255 e. The van der Waals surface area contributed by atoms with Crippen LogP contribution in [0.15, 0.2) is 18.2 Å². The molecule has 0 aromatic heterocycles. The summed E-state index contributed by atoms with van der Waals surface area (Å²) >= 11 is 0. The van der Waals surface area contributed by atoms with Crippen molar-refractivity contribution in [3.63, 3.8) is 0 Å². The summed E-state index contributed by atoms with van der Waals surface area (Å²) in [5.74, 6) is -1.05. The molecule has 0 aliphatic rings. The van der Waals surface area contributed by atoms with Gasteiger partial charge in [-0.05, 0) is 51.0 Å². The summed E-state index contributed by atoms with van der Waals surface area (Å²) in [5, 5.41) is 24.8. The zero-order valence-corrected chi connectivity index (χ0v) is 11.6. The van der Waals surface area contributed by atoms with Gasteiger partial charge in [-0.15, -0.1) is 0 Å². The van der Waals surface area contributed by atoms with Crippen molar-refractivity contribution in [1.82, 2.24) is 10.6 Å². The van der Waals surface area contributed by atoms with Gasteiger partial charge >= 0.3 is 0 Å². The molecule has 6 N–H and O–H groups in total. The molecule has 1 amide bonds. The number of phenols is 2. The molecular weight excluding hydrogens is 258 g/mol. The van der Waals surface area contributed by atoms with Crippen LogP contribution in [-0.4, -0.2) is 42.3 Å². The lowest BCUT2D eigenvalue weighted by molar-refractivity contribution is 0.0949. The van der Waals surface area contributed by atoms with Crippen molar-refractivity contribution in [1.29, 1.82) is 0 Å². The lowest BCUT2D eigenvalue weighted by Gasteiger charge is -2.08. The first kappa shape index (κ1) is 16.3. The lowest BCUT2D eigenvalue weighted by Crippen LogP contribution is -2.25. The average Bonchev–Trinajstić information content (AvgIpc) is 2.44. The van der Waals surface area contributed by atoms with E-state index in [2.05, 4.69) is 10.6 Å². The molecule has 6 nitrogen and oxygen atoms in total. The maximum absolute atomic E-state index is 11.8. The van der Waals surface area contributed by atoms with E-state index in [1.807, 2.05) is 0 Å². The molecule has 0 heterocycles. The molecule has 112 valence electrons. The molecule has 0 saturated carbocycles. The van der Waals surface area contributed by atoms with Crippen molar-refractivity contribution < 1.29 is 15.0 Å². The maximum atomic E-state index is 11.8. The Bertz CT molecular complexity index is 424. The number of para-hydroxylation sites is 1. The van der Waals surface area contributed by atoms with E-state index in [1.54, 1.807) is 0 Å². The molecule has 0 aliphatic heterocycles. The maximum Gasteiger partial charge on any atom is 0.255 e. The largest absolute Gasteiger partial charge is 0.504 e. The molecule has 0 radical (unpaired) electrons. The fourth-order valence-electron chi connectivity index (χ4n) is 1.74. The van der Waals surface area contributed by atoms with Crippen LogP contribution < -0.4 is 16.4 Å². The van der Waals surface area contributed by atoms with Gasteiger partial charge in [-0.1, -0.05) is 6.07 Å². The number of benzene rings is 1. The van der Waals surface area contributed by atoms with Crippen LogP contribution in [-0.2, 0) is 0 Å². The van der Waals surface area contributed by atoms with Gasteiger partial charge in [0.2, 0.25) is 0 Å². The van der Waals surface area contributed by atoms with Gasteiger partial charge in [-0.25, -0.2) is 0 Å². The minimum absolute atomic E-state index is 0.0890. The van der Waals surface area contributed by atoms with E-state index in [-0.39, 0.29) is 23.0 Å². The Labute approximate surface area is 119 Å². The Balaban J connectivity index is 2.19. The molecule has 0 saturated heterocycles. The van der Waals surface area contributed by atoms with Crippen LogP contribution >= 0.6 is 0 Å². The Hall–Kier alpha value is -1.79. The normalized spacial score (nSPS) is 10.4. The SMILES string of the molecule is NCCCNCCCCNC(=O)c1cccc(O)c1O. The van der Waals surface area contributed by atoms with Gasteiger partial charge in [0, 0.05) is 6.54 Å². The molecule has 0 fully saturated rings. The quantitative estimate of drug-likeness (QED) is 0.335. The van der Waals surface area contributed by atoms with Crippen LogP contribution in [0.4, 0.5) is 0 Å². The highest BCUT2D eigenvalue weighted by atomic mass is 16.3. The summed E-state index contributed by atoms with van der Waals surface area (Å²) in [6.07, 6.45) is 2.77. The summed E-state index contributed by atoms with van der Waals surface area (Å²) in [6, 6.07) is 4.32. The van der Waals surface area contributed by atoms with E-state index in [9.17, 15) is 15.0 Å². The number of carbonyl (C=O) groups excluding carboxylic acids is 1. The standard InChI is InChI=1S/C14H23N3O3/c15-7-4-9-16-8-1-2-10-17-14(20)11-5-3-6-12(18)13(11)19/h3,5-6,16,18-19H,1-2,4,7-10,15H2,(H,17,20). The highest BCUT2D eigenvalue weighted by molar-refractivity contribution is 5.97. The van der Waals surface area contributed by atoms with Crippen LogP contribution in [0.25, 0.3) is 0 Å². The van der Waals surface area contributed by atoms with E-state index in [0.717, 1.165) is 32.4 Å². The minimum Gasteiger partial charge on any atom is -0.504 e. The molecule has 0 unspecified atom stereocenters. The monoisotopic (exact) mass is 281 g/mol. The molecule has 6 heteroatoms. The summed E-state index contributed by atoms with van der Waals surface area (Å²) < 4.78 is 0. The third-order valence-electron chi connectivity index (χ3n) is 2.88. The number of hydrogen-bond donors (Lipinski definition) is 5. The van der Waals surface area contributed by atoms with Crippen LogP contribution in [0.2, 0.25) is 0 Å². The van der Waals surface area contributed by atoms with Gasteiger partial charge in [0.1, 0.15) is 0 Å². The summed E-state index contributed by atoms with van der Waals surface area (Å²) in [4.78, 5) is 11.8. The van der Waals surface area contributed by atoms with E-state index in [1.165, 1.54) is 18.2 Å². The predicted molar refractivity (Wildman–Crippen MR) is 77.9 cm³/mol. The predicted octanol–water partition coefficient (Wildman–Crippen LogP) is 0.546. The van der Waals surface area contributed by atoms with Gasteiger partial charge in [0.05, 0.1) is 5.56 Å². The highest BCUT2D eigenvalue weighted by Gasteiger charge is 2.12. The zero-order valence-electron chi connectivity index (χ0n) is 11.6. The Morgan fingerprint density at radius 2 is 1.80 bits per heavy atom. The second-order valence-electron chi connectivity index (χ2n) is 4.53. The first-order chi connectivity index (χ1) is 9.66. The van der Waals surface area contributed by atoms with Crippen molar-refractivity contribution in [2.24, 2.45) is 5.73 Å². The zero-order chi connectivity index (χ0) is 14.8. The summed E-state index contributed by atoms with van der Waals surface area (Å²) in [7, 11) is 0. The Kier molecular flexibility index (Phi) is 7.46. The highest BCUT2D eigenvalue weighted by Crippen LogP contribution is 2.27. The molecule has 0 aliphatic carbocycles. The second kappa shape index (κ2) is 9.17. The Morgan fingerprint density at radius 1 is 1.10 bits per heavy atom. The van der Waals surface area contributed by atoms with E-state index < -0.39 is 0 Å². The van der Waals surface area contributed by atoms with Crippen molar-refractivity contribution >= 4 is 5.91 Å². The molecule has 1 aromatic carbocycles. The average molecular weight is 281 g/mol. The van der Waals surface area contributed by atoms with E-state index in [4.69, 9.17) is 5.73 Å². The lowest BCUT2D eigenvalue weighted by atomic mass is 10.1. The minimum atomic E-state index is -0.381. The number of phenolic OH excluding ortho intramolecular Hbond substituents is 2. The van der Waals surface area contributed by atoms with Gasteiger partial charge < -0.3 is 26.6 Å². The molecule has 0 atom stereocenters. The number of nitrogens with two attached hydrogens (primary N) is 1. The summed E-state index contributed by atoms with van der Waals surface area (Å²) in [6.45, 7) is 3.04. The molecule has 20 heavy (non-hydrogen) atoms. The molecule has 1 aromatic rings. The number of unbranched alkanes of at least 4 members (excludes halogenated alkanes) is 1. The number of hydrogen-bond acceptors (Lipinski definition) is 5. The van der Waals surface area contributed by atoms with E-state index in [0.29, 0.717) is 13.1 Å². The topological polar surface area (TPSA) is 108 Å². The number of nitrogens with one attached hydrogen (secondary N) is 2. The number of aromatic hydroxyl groups is 2. The fraction of sp³-hybridized carbons (Fsp3) is 0.500. The number of rotatable bonds is 9. The van der Waals surface area contributed by atoms with Gasteiger partial charge in [-0.2, -0.15) is 0 Å². The van der Waals surface area contributed by atoms with Crippen molar-refractivity contribution in [3.05, 3.63) is 23.8 Å². The molecule has 0 bridgehead atoms. The fourth-order valence-corrected chi connectivity index (χ4v) is 1.74. The van der Waals surface area contributed by atoms with Crippen LogP contribution in [0, 0.1) is 0 Å². The van der Waals surface area contributed by atoms with Crippen LogP contribution in [0.5, 0.6) is 11.5 Å².